The molecule has 180 valence electrons. The summed E-state index contributed by atoms with van der Waals surface area (Å²) in [5, 5.41) is 1.19. The molecule has 0 radical (unpaired) electrons. The summed E-state index contributed by atoms with van der Waals surface area (Å²) in [5.41, 5.74) is 10.2. The first-order chi connectivity index (χ1) is 15.9. The Balaban J connectivity index is 1.80. The van der Waals surface area contributed by atoms with Crippen LogP contribution in [-0.4, -0.2) is 31.5 Å². The standard InChI is InChI=1S/C27H34N4O2S/c1-26(2,3)34-24-17-30(23-10-9-21(33-6)14-22(23)24)16-18-7-8-20(31-12-11-29-25(31)32)13-19(18)15-27(4,5)28/h7-14,17H,15-16,28H2,1-6H3,(H,29,32). The third-order valence-electron chi connectivity index (χ3n) is 5.57. The van der Waals surface area contributed by atoms with Gasteiger partial charge in [-0.15, -0.1) is 11.8 Å². The van der Waals surface area contributed by atoms with Crippen LogP contribution in [0, 0.1) is 0 Å². The number of benzene rings is 2. The van der Waals surface area contributed by atoms with E-state index in [1.807, 2.05) is 37.7 Å². The van der Waals surface area contributed by atoms with E-state index in [-0.39, 0.29) is 16.0 Å². The number of methoxy groups -OCH3 is 1. The zero-order chi connectivity index (χ0) is 24.7. The molecular formula is C27H34N4O2S. The second-order valence-electron chi connectivity index (χ2n) is 10.5. The highest BCUT2D eigenvalue weighted by Crippen LogP contribution is 2.39. The molecular weight excluding hydrogens is 444 g/mol. The lowest BCUT2D eigenvalue weighted by Gasteiger charge is -2.22. The Morgan fingerprint density at radius 3 is 2.44 bits per heavy atom. The molecule has 2 aromatic carbocycles. The molecule has 0 unspecified atom stereocenters. The number of nitrogens with two attached hydrogens (primary N) is 1. The van der Waals surface area contributed by atoms with Crippen LogP contribution in [0.15, 0.2) is 64.7 Å². The molecule has 0 amide bonds. The minimum atomic E-state index is -0.379. The van der Waals surface area contributed by atoms with Crippen LogP contribution in [0.5, 0.6) is 5.75 Å². The van der Waals surface area contributed by atoms with Crippen molar-refractivity contribution in [3.63, 3.8) is 0 Å². The normalized spacial score (nSPS) is 12.4. The molecule has 0 fully saturated rings. The monoisotopic (exact) mass is 478 g/mol. The lowest BCUT2D eigenvalue weighted by molar-refractivity contribution is 0.415. The van der Waals surface area contributed by atoms with Crippen LogP contribution in [0.4, 0.5) is 0 Å². The first-order valence-electron chi connectivity index (χ1n) is 11.5. The van der Waals surface area contributed by atoms with Crippen LogP contribution in [-0.2, 0) is 13.0 Å². The Morgan fingerprint density at radius 1 is 1.06 bits per heavy atom. The Morgan fingerprint density at radius 2 is 1.82 bits per heavy atom. The number of hydrogen-bond acceptors (Lipinski definition) is 4. The highest BCUT2D eigenvalue weighted by Gasteiger charge is 2.20. The number of imidazole rings is 1. The molecule has 0 aliphatic heterocycles. The van der Waals surface area contributed by atoms with Gasteiger partial charge in [-0.05, 0) is 61.7 Å². The van der Waals surface area contributed by atoms with Gasteiger partial charge in [-0.3, -0.25) is 4.57 Å². The lowest BCUT2D eigenvalue weighted by Crippen LogP contribution is -2.35. The van der Waals surface area contributed by atoms with Gasteiger partial charge in [0, 0.05) is 51.2 Å². The van der Waals surface area contributed by atoms with Gasteiger partial charge in [0.1, 0.15) is 5.75 Å². The fourth-order valence-electron chi connectivity index (χ4n) is 4.19. The highest BCUT2D eigenvalue weighted by molar-refractivity contribution is 8.00. The third-order valence-corrected chi connectivity index (χ3v) is 6.73. The second-order valence-corrected chi connectivity index (χ2v) is 12.3. The molecule has 34 heavy (non-hydrogen) atoms. The van der Waals surface area contributed by atoms with Crippen molar-refractivity contribution in [2.45, 2.75) is 62.8 Å². The first-order valence-corrected chi connectivity index (χ1v) is 12.3. The van der Waals surface area contributed by atoms with E-state index in [4.69, 9.17) is 10.5 Å². The number of rotatable bonds is 7. The number of aromatic amines is 1. The van der Waals surface area contributed by atoms with Crippen LogP contribution in [0.3, 0.4) is 0 Å². The van der Waals surface area contributed by atoms with E-state index < -0.39 is 0 Å². The predicted molar refractivity (Wildman–Crippen MR) is 142 cm³/mol. The lowest BCUT2D eigenvalue weighted by atomic mass is 9.92. The van der Waals surface area contributed by atoms with Gasteiger partial charge in [-0.1, -0.05) is 26.8 Å². The molecule has 0 aliphatic carbocycles. The van der Waals surface area contributed by atoms with Crippen molar-refractivity contribution in [2.75, 3.05) is 7.11 Å². The van der Waals surface area contributed by atoms with Gasteiger partial charge in [0.15, 0.2) is 0 Å². The van der Waals surface area contributed by atoms with Crippen LogP contribution in [0.25, 0.3) is 16.6 Å². The third kappa shape index (κ3) is 5.42. The minimum Gasteiger partial charge on any atom is -0.497 e. The molecule has 0 aliphatic rings. The number of fused-ring (bicyclic) bond motifs is 1. The van der Waals surface area contributed by atoms with Gasteiger partial charge in [0.25, 0.3) is 0 Å². The van der Waals surface area contributed by atoms with Crippen molar-refractivity contribution < 1.29 is 4.74 Å². The Bertz CT molecular complexity index is 1370. The molecule has 7 heteroatoms. The van der Waals surface area contributed by atoms with Crippen molar-refractivity contribution in [1.29, 1.82) is 0 Å². The Hall–Kier alpha value is -2.90. The van der Waals surface area contributed by atoms with E-state index in [1.54, 1.807) is 24.1 Å². The first kappa shape index (κ1) is 24.2. The average molecular weight is 479 g/mol. The summed E-state index contributed by atoms with van der Waals surface area (Å²) >= 11 is 1.86. The van der Waals surface area contributed by atoms with E-state index in [9.17, 15) is 4.79 Å². The van der Waals surface area contributed by atoms with Crippen molar-refractivity contribution in [3.05, 3.63) is 76.6 Å². The summed E-state index contributed by atoms with van der Waals surface area (Å²) in [6.07, 6.45) is 6.34. The summed E-state index contributed by atoms with van der Waals surface area (Å²) in [6, 6.07) is 12.4. The van der Waals surface area contributed by atoms with E-state index in [0.29, 0.717) is 13.0 Å². The van der Waals surface area contributed by atoms with Crippen molar-refractivity contribution in [2.24, 2.45) is 5.73 Å². The number of thioether (sulfide) groups is 1. The van der Waals surface area contributed by atoms with Crippen molar-refractivity contribution >= 4 is 22.7 Å². The highest BCUT2D eigenvalue weighted by atomic mass is 32.2. The summed E-state index contributed by atoms with van der Waals surface area (Å²) in [6.45, 7) is 11.4. The molecule has 0 saturated carbocycles. The van der Waals surface area contributed by atoms with Crippen LogP contribution in [0.2, 0.25) is 0 Å². The van der Waals surface area contributed by atoms with Gasteiger partial charge < -0.3 is 20.0 Å². The minimum absolute atomic E-state index is 0.0857. The number of nitrogens with zero attached hydrogens (tertiary/aromatic N) is 2. The fourth-order valence-corrected chi connectivity index (χ4v) is 5.30. The number of nitrogens with one attached hydrogen (secondary N) is 1. The van der Waals surface area contributed by atoms with Crippen LogP contribution < -0.4 is 16.2 Å². The van der Waals surface area contributed by atoms with Crippen molar-refractivity contribution in [3.8, 4) is 11.4 Å². The summed E-state index contributed by atoms with van der Waals surface area (Å²) < 4.78 is 9.51. The molecule has 2 heterocycles. The largest absolute Gasteiger partial charge is 0.497 e. The zero-order valence-corrected chi connectivity index (χ0v) is 21.6. The second kappa shape index (κ2) is 9.04. The molecule has 2 aromatic heterocycles. The SMILES string of the molecule is COc1ccc2c(c1)c(SC(C)(C)C)cn2Cc1ccc(-n2cc[nH]c2=O)cc1CC(C)(C)N. The predicted octanol–water partition coefficient (Wildman–Crippen LogP) is 5.35. The summed E-state index contributed by atoms with van der Waals surface area (Å²) in [7, 11) is 1.70. The fraction of sp³-hybridized carbons (Fsp3) is 0.370. The Kier molecular flexibility index (Phi) is 6.44. The average Bonchev–Trinajstić information content (AvgIpc) is 3.30. The molecule has 4 aromatic rings. The van der Waals surface area contributed by atoms with E-state index >= 15 is 0 Å². The maximum Gasteiger partial charge on any atom is 0.330 e. The van der Waals surface area contributed by atoms with Gasteiger partial charge >= 0.3 is 5.69 Å². The molecule has 3 N–H and O–H groups in total. The van der Waals surface area contributed by atoms with Crippen LogP contribution in [0.1, 0.15) is 45.7 Å². The molecule has 4 rings (SSSR count). The summed E-state index contributed by atoms with van der Waals surface area (Å²) in [4.78, 5) is 16.1. The maximum atomic E-state index is 12.2. The van der Waals surface area contributed by atoms with Crippen LogP contribution >= 0.6 is 11.8 Å². The van der Waals surface area contributed by atoms with Gasteiger partial charge in [0.2, 0.25) is 0 Å². The quantitative estimate of drug-likeness (QED) is 0.351. The molecule has 0 spiro atoms. The maximum absolute atomic E-state index is 12.2. The summed E-state index contributed by atoms with van der Waals surface area (Å²) in [5.74, 6) is 0.855. The van der Waals surface area contributed by atoms with E-state index in [1.165, 1.54) is 15.8 Å². The molecule has 6 nitrogen and oxygen atoms in total. The van der Waals surface area contributed by atoms with Gasteiger partial charge in [-0.25, -0.2) is 4.79 Å². The molecule has 0 bridgehead atoms. The van der Waals surface area contributed by atoms with Gasteiger partial charge in [-0.2, -0.15) is 0 Å². The Labute approximate surface area is 205 Å². The molecule has 0 saturated heterocycles. The number of aromatic nitrogens is 3. The zero-order valence-electron chi connectivity index (χ0n) is 20.8. The number of ether oxygens (including phenoxy) is 1. The van der Waals surface area contributed by atoms with E-state index in [2.05, 4.69) is 60.8 Å². The molecule has 0 atom stereocenters. The number of H-pyrrole nitrogens is 1. The van der Waals surface area contributed by atoms with E-state index in [0.717, 1.165) is 22.5 Å². The van der Waals surface area contributed by atoms with Gasteiger partial charge in [0.05, 0.1) is 12.8 Å². The topological polar surface area (TPSA) is 78.0 Å². The smallest absolute Gasteiger partial charge is 0.330 e. The van der Waals surface area contributed by atoms with Crippen molar-refractivity contribution in [1.82, 2.24) is 14.1 Å². The number of hydrogen-bond donors (Lipinski definition) is 2.